The van der Waals surface area contributed by atoms with Crippen LogP contribution in [0, 0.1) is 17.0 Å². The maximum absolute atomic E-state index is 12.7. The van der Waals surface area contributed by atoms with E-state index in [2.05, 4.69) is 0 Å². The van der Waals surface area contributed by atoms with Crippen LogP contribution in [0.1, 0.15) is 47.2 Å². The number of carbonyl (C=O) groups excluding carboxylic acids is 1. The lowest BCUT2D eigenvalue weighted by Gasteiger charge is -2.13. The molecule has 0 spiro atoms. The predicted octanol–water partition coefficient (Wildman–Crippen LogP) is 3.22. The lowest BCUT2D eigenvalue weighted by molar-refractivity contribution is -0.385. The Balaban J connectivity index is 2.41. The van der Waals surface area contributed by atoms with E-state index in [-0.39, 0.29) is 28.8 Å². The van der Waals surface area contributed by atoms with Crippen molar-refractivity contribution in [1.29, 1.82) is 0 Å². The first-order valence-corrected chi connectivity index (χ1v) is 7.94. The fraction of sp³-hybridized carbons (Fsp3) is 0.375. The molecule has 126 valence electrons. The third-order valence-electron chi connectivity index (χ3n) is 4.13. The van der Waals surface area contributed by atoms with E-state index in [0.29, 0.717) is 11.1 Å². The Kier molecular flexibility index (Phi) is 4.04. The summed E-state index contributed by atoms with van der Waals surface area (Å²) in [7, 11) is 0. The van der Waals surface area contributed by atoms with Gasteiger partial charge in [-0.25, -0.2) is 4.79 Å². The molecule has 24 heavy (non-hydrogen) atoms. The van der Waals surface area contributed by atoms with Crippen molar-refractivity contribution in [2.45, 2.75) is 32.6 Å². The summed E-state index contributed by atoms with van der Waals surface area (Å²) in [6.45, 7) is 3.42. The topological polar surface area (TPSA) is 90.9 Å². The minimum atomic E-state index is -0.728. The van der Waals surface area contributed by atoms with Gasteiger partial charge in [-0.1, -0.05) is 11.6 Å². The molecule has 2 aromatic heterocycles. The van der Waals surface area contributed by atoms with Crippen LogP contribution < -0.4 is 5.56 Å². The summed E-state index contributed by atoms with van der Waals surface area (Å²) in [4.78, 5) is 35.3. The van der Waals surface area contributed by atoms with Crippen molar-refractivity contribution in [3.05, 3.63) is 54.4 Å². The summed E-state index contributed by atoms with van der Waals surface area (Å²) >= 11 is 6.12. The van der Waals surface area contributed by atoms with Crippen LogP contribution in [-0.4, -0.2) is 21.9 Å². The third kappa shape index (κ3) is 2.54. The number of fused-ring (bicyclic) bond motifs is 1. The molecule has 2 aromatic rings. The van der Waals surface area contributed by atoms with Gasteiger partial charge < -0.3 is 4.74 Å². The van der Waals surface area contributed by atoms with E-state index >= 15 is 0 Å². The summed E-state index contributed by atoms with van der Waals surface area (Å²) in [6.07, 6.45) is 2.95. The highest BCUT2D eigenvalue weighted by atomic mass is 35.5. The molecule has 0 amide bonds. The zero-order chi connectivity index (χ0) is 17.6. The Bertz CT molecular complexity index is 930. The van der Waals surface area contributed by atoms with E-state index in [1.165, 1.54) is 0 Å². The molecule has 0 aliphatic heterocycles. The van der Waals surface area contributed by atoms with Crippen LogP contribution in [0.2, 0.25) is 5.02 Å². The van der Waals surface area contributed by atoms with Crippen molar-refractivity contribution in [1.82, 2.24) is 4.40 Å². The van der Waals surface area contributed by atoms with Crippen LogP contribution in [0.4, 0.5) is 5.69 Å². The van der Waals surface area contributed by atoms with Crippen LogP contribution in [0.25, 0.3) is 5.52 Å². The van der Waals surface area contributed by atoms with E-state index < -0.39 is 16.5 Å². The monoisotopic (exact) mass is 350 g/mol. The van der Waals surface area contributed by atoms with Crippen molar-refractivity contribution >= 4 is 28.8 Å². The average Bonchev–Trinajstić information content (AvgIpc) is 3.35. The lowest BCUT2D eigenvalue weighted by atomic mass is 10.0. The molecule has 0 unspecified atom stereocenters. The van der Waals surface area contributed by atoms with Crippen molar-refractivity contribution in [2.75, 3.05) is 6.61 Å². The summed E-state index contributed by atoms with van der Waals surface area (Å²) in [6, 6.07) is 1.54. The first-order valence-electron chi connectivity index (χ1n) is 7.56. The molecular weight excluding hydrogens is 336 g/mol. The highest BCUT2D eigenvalue weighted by Gasteiger charge is 2.31. The summed E-state index contributed by atoms with van der Waals surface area (Å²) < 4.78 is 6.08. The number of ether oxygens (including phenoxy) is 1. The molecule has 0 atom stereocenters. The maximum Gasteiger partial charge on any atom is 0.343 e. The van der Waals surface area contributed by atoms with Gasteiger partial charge in [0.1, 0.15) is 10.6 Å². The lowest BCUT2D eigenvalue weighted by Crippen LogP contribution is -2.25. The third-order valence-corrected chi connectivity index (χ3v) is 4.61. The fourth-order valence-electron chi connectivity index (χ4n) is 2.84. The van der Waals surface area contributed by atoms with E-state index in [0.717, 1.165) is 29.0 Å². The summed E-state index contributed by atoms with van der Waals surface area (Å²) in [5, 5.41) is 11.2. The molecule has 1 fully saturated rings. The van der Waals surface area contributed by atoms with Gasteiger partial charge in [0.2, 0.25) is 0 Å². The first-order chi connectivity index (χ1) is 11.4. The second-order valence-electron chi connectivity index (χ2n) is 5.74. The normalized spacial score (nSPS) is 14.0. The van der Waals surface area contributed by atoms with Crippen molar-refractivity contribution in [3.8, 4) is 0 Å². The fourth-order valence-corrected chi connectivity index (χ4v) is 3.05. The zero-order valence-electron chi connectivity index (χ0n) is 13.2. The number of rotatable bonds is 4. The van der Waals surface area contributed by atoms with Crippen LogP contribution in [0.15, 0.2) is 17.1 Å². The van der Waals surface area contributed by atoms with Gasteiger partial charge in [0, 0.05) is 0 Å². The minimum absolute atomic E-state index is 0.00480. The smallest absolute Gasteiger partial charge is 0.343 e. The number of hydrogen-bond acceptors (Lipinski definition) is 5. The molecule has 3 rings (SSSR count). The number of nitro groups is 1. The van der Waals surface area contributed by atoms with E-state index in [1.54, 1.807) is 19.9 Å². The standard InChI is InChI=1S/C16H15ClN2O5/c1-3-24-16(21)11-6-10(9-4-5-9)14-8(2)13(17)12(19(22)23)7-18(14)15(11)20/h6-7,9H,3-5H2,1-2H3. The van der Waals surface area contributed by atoms with Gasteiger partial charge >= 0.3 is 11.7 Å². The van der Waals surface area contributed by atoms with Gasteiger partial charge in [0.05, 0.1) is 23.2 Å². The predicted molar refractivity (Wildman–Crippen MR) is 88.0 cm³/mol. The number of carbonyl (C=O) groups is 1. The Morgan fingerprint density at radius 3 is 2.71 bits per heavy atom. The summed E-state index contributed by atoms with van der Waals surface area (Å²) in [5.41, 5.74) is 0.660. The van der Waals surface area contributed by atoms with Crippen molar-refractivity contribution in [2.24, 2.45) is 0 Å². The molecule has 1 aliphatic rings. The van der Waals surface area contributed by atoms with Crippen molar-refractivity contribution in [3.63, 3.8) is 0 Å². The number of aromatic nitrogens is 1. The molecule has 0 aromatic carbocycles. The SMILES string of the molecule is CCOC(=O)c1cc(C2CC2)c2c(C)c(Cl)c([N+](=O)[O-])cn2c1=O. The highest BCUT2D eigenvalue weighted by Crippen LogP contribution is 2.44. The van der Waals surface area contributed by atoms with E-state index in [1.807, 2.05) is 0 Å². The molecule has 2 heterocycles. The molecule has 7 nitrogen and oxygen atoms in total. The largest absolute Gasteiger partial charge is 0.462 e. The molecule has 1 saturated carbocycles. The van der Waals surface area contributed by atoms with Gasteiger partial charge in [-0.15, -0.1) is 0 Å². The molecule has 8 heteroatoms. The van der Waals surface area contributed by atoms with Crippen LogP contribution >= 0.6 is 11.6 Å². The Labute approximate surface area is 142 Å². The molecule has 0 N–H and O–H groups in total. The number of aryl methyl sites for hydroxylation is 1. The number of nitrogens with zero attached hydrogens (tertiary/aromatic N) is 2. The number of halogens is 1. The van der Waals surface area contributed by atoms with Gasteiger partial charge in [0.15, 0.2) is 0 Å². The maximum atomic E-state index is 12.7. The Morgan fingerprint density at radius 2 is 2.17 bits per heavy atom. The quantitative estimate of drug-likeness (QED) is 0.479. The zero-order valence-corrected chi connectivity index (χ0v) is 13.9. The number of hydrogen-bond donors (Lipinski definition) is 0. The highest BCUT2D eigenvalue weighted by molar-refractivity contribution is 6.33. The van der Waals surface area contributed by atoms with E-state index in [4.69, 9.17) is 16.3 Å². The van der Waals surface area contributed by atoms with Crippen LogP contribution in [0.5, 0.6) is 0 Å². The number of esters is 1. The number of pyridine rings is 2. The Hall–Kier alpha value is -2.41. The summed E-state index contributed by atoms with van der Waals surface area (Å²) in [5.74, 6) is -0.515. The second-order valence-corrected chi connectivity index (χ2v) is 6.12. The van der Waals surface area contributed by atoms with Crippen LogP contribution in [-0.2, 0) is 4.74 Å². The van der Waals surface area contributed by atoms with Gasteiger partial charge in [0.25, 0.3) is 5.56 Å². The van der Waals surface area contributed by atoms with Gasteiger partial charge in [-0.05, 0) is 49.8 Å². The molecule has 0 saturated heterocycles. The van der Waals surface area contributed by atoms with E-state index in [9.17, 15) is 19.7 Å². The average molecular weight is 351 g/mol. The molecule has 0 bridgehead atoms. The molecule has 0 radical (unpaired) electrons. The molecule has 1 aliphatic carbocycles. The molecular formula is C16H15ClN2O5. The first kappa shape index (κ1) is 16.4. The van der Waals surface area contributed by atoms with Crippen molar-refractivity contribution < 1.29 is 14.5 Å². The van der Waals surface area contributed by atoms with Gasteiger partial charge in [-0.2, -0.15) is 0 Å². The van der Waals surface area contributed by atoms with Gasteiger partial charge in [-0.3, -0.25) is 19.3 Å². The van der Waals surface area contributed by atoms with Crippen LogP contribution in [0.3, 0.4) is 0 Å². The minimum Gasteiger partial charge on any atom is -0.462 e. The second kappa shape index (κ2) is 5.90. The Morgan fingerprint density at radius 1 is 1.50 bits per heavy atom.